The third kappa shape index (κ3) is 5.85. The van der Waals surface area contributed by atoms with E-state index in [4.69, 9.17) is 5.41 Å². The summed E-state index contributed by atoms with van der Waals surface area (Å²) < 4.78 is 39.3. The van der Waals surface area contributed by atoms with E-state index in [9.17, 15) is 13.3 Å². The number of piperazine rings is 1. The number of aromatic nitrogens is 4. The highest BCUT2D eigenvalue weighted by atomic mass is 32.2. The van der Waals surface area contributed by atoms with Gasteiger partial charge in [-0.05, 0) is 26.1 Å². The van der Waals surface area contributed by atoms with Crippen molar-refractivity contribution in [3.05, 3.63) is 30.5 Å². The number of nitrogens with one attached hydrogen (secondary N) is 3. The number of hydrogen-bond donors (Lipinski definition) is 3. The van der Waals surface area contributed by atoms with E-state index in [2.05, 4.69) is 48.4 Å². The number of likely N-dealkylation sites (N-methyl/N-ethyl adjacent to an activating group) is 1. The molecule has 0 radical (unpaired) electrons. The Morgan fingerprint density at radius 1 is 1.42 bits per heavy atom. The lowest BCUT2D eigenvalue weighted by atomic mass is 10.0. The largest absolute Gasteiger partial charge is 0.598 e. The zero-order valence-electron chi connectivity index (χ0n) is 17.5. The standard InChI is InChI=1S/C19H26F2N8OS/c1-12-16(10-26-31(3)30)28(2)6-7-29(12)18-8-14(24-11-25-18)15-9-23-17(27-15)5-4-13(22)19(20)21/h4-5,8-9,11-12,16,19,22,26H,6-7,10H2,1-3H3,(H,23,27)/b5-4-,22-13?. The first kappa shape index (κ1) is 23.3. The van der Waals surface area contributed by atoms with Gasteiger partial charge in [0, 0.05) is 42.6 Å². The van der Waals surface area contributed by atoms with Crippen LogP contribution < -0.4 is 9.62 Å². The number of aromatic amines is 1. The van der Waals surface area contributed by atoms with Gasteiger partial charge in [0.05, 0.1) is 29.8 Å². The van der Waals surface area contributed by atoms with Crippen molar-refractivity contribution in [3.8, 4) is 11.4 Å². The third-order valence-electron chi connectivity index (χ3n) is 5.28. The minimum absolute atomic E-state index is 0.123. The van der Waals surface area contributed by atoms with Crippen molar-refractivity contribution in [1.29, 1.82) is 5.41 Å². The third-order valence-corrected chi connectivity index (χ3v) is 5.85. The van der Waals surface area contributed by atoms with Crippen LogP contribution >= 0.6 is 0 Å². The lowest BCUT2D eigenvalue weighted by molar-refractivity contribution is 0.182. The summed E-state index contributed by atoms with van der Waals surface area (Å²) >= 11 is -1.08. The van der Waals surface area contributed by atoms with Gasteiger partial charge in [-0.15, -0.1) is 4.72 Å². The molecular weight excluding hydrogens is 426 g/mol. The molecule has 3 N–H and O–H groups in total. The highest BCUT2D eigenvalue weighted by Crippen LogP contribution is 2.25. The van der Waals surface area contributed by atoms with Crippen LogP contribution in [0.1, 0.15) is 12.7 Å². The number of alkyl halides is 2. The zero-order valence-corrected chi connectivity index (χ0v) is 18.4. The SMILES string of the molecule is CC1C(CN[S+](C)[O-])N(C)CCN1c1cc(-c2cnc(/C=C\C(=N)C(F)F)[nH]2)ncn1. The molecule has 2 aromatic rings. The predicted octanol–water partition coefficient (Wildman–Crippen LogP) is 1.56. The maximum absolute atomic E-state index is 12.4. The van der Waals surface area contributed by atoms with Crippen LogP contribution in [0.2, 0.25) is 0 Å². The zero-order chi connectivity index (χ0) is 22.5. The molecule has 3 atom stereocenters. The van der Waals surface area contributed by atoms with Crippen molar-refractivity contribution >= 4 is 29.0 Å². The summed E-state index contributed by atoms with van der Waals surface area (Å²) in [6.07, 6.45) is 4.19. The first-order chi connectivity index (χ1) is 14.8. The van der Waals surface area contributed by atoms with Crippen molar-refractivity contribution in [2.24, 2.45) is 0 Å². The molecule has 1 fully saturated rings. The fraction of sp³-hybridized carbons (Fsp3) is 0.474. The molecule has 1 aliphatic rings. The van der Waals surface area contributed by atoms with E-state index in [1.165, 1.54) is 12.4 Å². The number of rotatable bonds is 8. The van der Waals surface area contributed by atoms with Gasteiger partial charge in [0.1, 0.15) is 24.2 Å². The summed E-state index contributed by atoms with van der Waals surface area (Å²) in [6.45, 7) is 4.33. The van der Waals surface area contributed by atoms with E-state index in [-0.39, 0.29) is 12.1 Å². The average Bonchev–Trinajstić information content (AvgIpc) is 3.21. The van der Waals surface area contributed by atoms with Gasteiger partial charge in [-0.3, -0.25) is 10.3 Å². The van der Waals surface area contributed by atoms with Crippen LogP contribution in [-0.4, -0.2) is 86.5 Å². The van der Waals surface area contributed by atoms with Crippen molar-refractivity contribution in [1.82, 2.24) is 29.6 Å². The van der Waals surface area contributed by atoms with Gasteiger partial charge in [-0.25, -0.2) is 23.7 Å². The molecule has 0 aliphatic carbocycles. The Bertz CT molecular complexity index is 922. The van der Waals surface area contributed by atoms with Crippen LogP contribution in [-0.2, 0) is 11.4 Å². The smallest absolute Gasteiger partial charge is 0.279 e. The highest BCUT2D eigenvalue weighted by Gasteiger charge is 2.33. The maximum Gasteiger partial charge on any atom is 0.279 e. The van der Waals surface area contributed by atoms with Crippen LogP contribution in [0.15, 0.2) is 24.7 Å². The monoisotopic (exact) mass is 452 g/mol. The minimum atomic E-state index is -2.82. The molecule has 168 valence electrons. The van der Waals surface area contributed by atoms with Crippen LogP contribution in [0.25, 0.3) is 17.5 Å². The second-order valence-corrected chi connectivity index (χ2v) is 8.51. The Hall–Kier alpha value is -2.41. The van der Waals surface area contributed by atoms with Gasteiger partial charge in [-0.1, -0.05) is 0 Å². The van der Waals surface area contributed by atoms with Gasteiger partial charge >= 0.3 is 0 Å². The van der Waals surface area contributed by atoms with E-state index in [1.807, 2.05) is 6.07 Å². The molecule has 0 saturated carbocycles. The number of hydrogen-bond acceptors (Lipinski definition) is 8. The number of H-pyrrole nitrogens is 1. The lowest BCUT2D eigenvalue weighted by Gasteiger charge is -2.45. The molecule has 3 unspecified atom stereocenters. The average molecular weight is 453 g/mol. The number of imidazole rings is 1. The second-order valence-electron chi connectivity index (χ2n) is 7.32. The van der Waals surface area contributed by atoms with Gasteiger partial charge in [0.15, 0.2) is 0 Å². The van der Waals surface area contributed by atoms with E-state index in [1.54, 1.807) is 12.5 Å². The second kappa shape index (κ2) is 10.3. The Morgan fingerprint density at radius 2 is 2.19 bits per heavy atom. The molecule has 9 nitrogen and oxygen atoms in total. The van der Waals surface area contributed by atoms with Gasteiger partial charge in [0.25, 0.3) is 6.43 Å². The normalized spacial score (nSPS) is 21.2. The molecule has 1 saturated heterocycles. The van der Waals surface area contributed by atoms with Gasteiger partial charge in [-0.2, -0.15) is 0 Å². The van der Waals surface area contributed by atoms with E-state index in [0.717, 1.165) is 25.0 Å². The maximum atomic E-state index is 12.4. The summed E-state index contributed by atoms with van der Waals surface area (Å²) in [5.41, 5.74) is 0.465. The molecule has 0 amide bonds. The molecular formula is C19H26F2N8OS. The fourth-order valence-electron chi connectivity index (χ4n) is 3.51. The topological polar surface area (TPSA) is 120 Å². The fourth-order valence-corrected chi connectivity index (χ4v) is 3.91. The lowest BCUT2D eigenvalue weighted by Crippen LogP contribution is -2.60. The summed E-state index contributed by atoms with van der Waals surface area (Å²) in [7, 11) is 2.05. The highest BCUT2D eigenvalue weighted by molar-refractivity contribution is 7.88. The molecule has 1 aliphatic heterocycles. The molecule has 31 heavy (non-hydrogen) atoms. The molecule has 12 heteroatoms. The molecule has 0 bridgehead atoms. The summed E-state index contributed by atoms with van der Waals surface area (Å²) in [5.74, 6) is 1.12. The molecule has 3 rings (SSSR count). The van der Waals surface area contributed by atoms with Crippen LogP contribution in [0, 0.1) is 5.41 Å². The summed E-state index contributed by atoms with van der Waals surface area (Å²) in [4.78, 5) is 20.3. The number of allylic oxidation sites excluding steroid dienone is 1. The van der Waals surface area contributed by atoms with Crippen molar-refractivity contribution < 1.29 is 13.3 Å². The Labute approximate surface area is 182 Å². The van der Waals surface area contributed by atoms with Crippen molar-refractivity contribution in [3.63, 3.8) is 0 Å². The number of halogens is 2. The molecule has 0 aromatic carbocycles. The van der Waals surface area contributed by atoms with Crippen LogP contribution in [0.3, 0.4) is 0 Å². The van der Waals surface area contributed by atoms with E-state index in [0.29, 0.717) is 23.8 Å². The molecule has 3 heterocycles. The quantitative estimate of drug-likeness (QED) is 0.411. The Balaban J connectivity index is 1.76. The van der Waals surface area contributed by atoms with Crippen molar-refractivity contribution in [2.75, 3.05) is 37.8 Å². The Kier molecular flexibility index (Phi) is 7.70. The number of anilines is 1. The van der Waals surface area contributed by atoms with Crippen LogP contribution in [0.5, 0.6) is 0 Å². The summed E-state index contributed by atoms with van der Waals surface area (Å²) in [6, 6.07) is 2.13. The minimum Gasteiger partial charge on any atom is -0.598 e. The van der Waals surface area contributed by atoms with Crippen LogP contribution in [0.4, 0.5) is 14.6 Å². The Morgan fingerprint density at radius 3 is 2.90 bits per heavy atom. The van der Waals surface area contributed by atoms with Gasteiger partial charge < -0.3 is 14.4 Å². The van der Waals surface area contributed by atoms with Crippen molar-refractivity contribution in [2.45, 2.75) is 25.4 Å². The van der Waals surface area contributed by atoms with E-state index >= 15 is 0 Å². The van der Waals surface area contributed by atoms with Gasteiger partial charge in [0.2, 0.25) is 0 Å². The number of nitrogens with zero attached hydrogens (tertiary/aromatic N) is 5. The molecule has 2 aromatic heterocycles. The predicted molar refractivity (Wildman–Crippen MR) is 118 cm³/mol. The van der Waals surface area contributed by atoms with E-state index < -0.39 is 23.5 Å². The first-order valence-electron chi connectivity index (χ1n) is 9.72. The molecule has 0 spiro atoms. The summed E-state index contributed by atoms with van der Waals surface area (Å²) in [5, 5.41) is 7.18. The first-order valence-corrected chi connectivity index (χ1v) is 11.3.